The van der Waals surface area contributed by atoms with E-state index in [0.717, 1.165) is 31.5 Å². The number of benzene rings is 1. The Morgan fingerprint density at radius 3 is 2.24 bits per heavy atom. The number of hydrogen-bond donors (Lipinski definition) is 2. The maximum atomic E-state index is 13.7. The van der Waals surface area contributed by atoms with Crippen LogP contribution in [0.2, 0.25) is 10.0 Å². The van der Waals surface area contributed by atoms with E-state index in [0.29, 0.717) is 50.7 Å². The van der Waals surface area contributed by atoms with Crippen LogP contribution in [0.3, 0.4) is 0 Å². The Bertz CT molecular complexity index is 1240. The van der Waals surface area contributed by atoms with Crippen LogP contribution in [0.25, 0.3) is 22.0 Å². The average Bonchev–Trinajstić information content (AvgIpc) is 3.53. The van der Waals surface area contributed by atoms with Gasteiger partial charge in [0, 0.05) is 39.6 Å². The summed E-state index contributed by atoms with van der Waals surface area (Å²) in [7, 11) is 0. The second-order valence-corrected chi connectivity index (χ2v) is 9.64. The molecular weight excluding hydrogens is 473 g/mol. The van der Waals surface area contributed by atoms with Crippen molar-refractivity contribution in [2.75, 3.05) is 18.0 Å². The van der Waals surface area contributed by atoms with Crippen molar-refractivity contribution < 1.29 is 9.59 Å². The van der Waals surface area contributed by atoms with E-state index >= 15 is 0 Å². The van der Waals surface area contributed by atoms with Gasteiger partial charge in [0.05, 0.1) is 28.3 Å². The summed E-state index contributed by atoms with van der Waals surface area (Å²) in [4.78, 5) is 37.9. The smallest absolute Gasteiger partial charge is 0.250 e. The molecule has 2 N–H and O–H groups in total. The fourth-order valence-corrected chi connectivity index (χ4v) is 5.29. The van der Waals surface area contributed by atoms with Gasteiger partial charge in [0.15, 0.2) is 0 Å². The zero-order valence-corrected chi connectivity index (χ0v) is 20.3. The van der Waals surface area contributed by atoms with Gasteiger partial charge in [0.25, 0.3) is 11.8 Å². The first-order valence-electron chi connectivity index (χ1n) is 11.5. The molecular formula is C25H25Cl2N5O2. The van der Waals surface area contributed by atoms with E-state index in [1.807, 2.05) is 13.0 Å². The molecule has 2 amide bonds. The third kappa shape index (κ3) is 4.29. The molecule has 0 bridgehead atoms. The molecule has 2 atom stereocenters. The Kier molecular flexibility index (Phi) is 6.53. The highest BCUT2D eigenvalue weighted by Gasteiger charge is 2.37. The Morgan fingerprint density at radius 2 is 1.65 bits per heavy atom. The van der Waals surface area contributed by atoms with Crippen LogP contribution < -0.4 is 15.5 Å². The second kappa shape index (κ2) is 9.58. The lowest BCUT2D eigenvalue weighted by atomic mass is 10.0. The summed E-state index contributed by atoms with van der Waals surface area (Å²) in [5.41, 5.74) is 3.25. The maximum absolute atomic E-state index is 13.7. The minimum absolute atomic E-state index is 0.238. The minimum atomic E-state index is -0.393. The third-order valence-electron chi connectivity index (χ3n) is 6.45. The maximum Gasteiger partial charge on any atom is 0.250 e. The number of rotatable bonds is 4. The standard InChI is InChI=1S/C25H25Cl2N5O2/c1-14-10-22(32(24(33)20-4-2-8-29-20)25(34)21-5-3-9-30-21)18-13-28-12-17(23(18)31-14)16-7-6-15(26)11-19(16)27/h6-7,10-13,20-21,29-30H,2-5,8-9H2,1H3/t20-,21-/m0/s1. The van der Waals surface area contributed by atoms with Crippen molar-refractivity contribution in [2.24, 2.45) is 0 Å². The van der Waals surface area contributed by atoms with E-state index in [2.05, 4.69) is 15.6 Å². The monoisotopic (exact) mass is 497 g/mol. The average molecular weight is 498 g/mol. The molecule has 5 rings (SSSR count). The lowest BCUT2D eigenvalue weighted by Crippen LogP contribution is -2.52. The quantitative estimate of drug-likeness (QED) is 0.523. The molecule has 4 heterocycles. The molecule has 0 saturated carbocycles. The molecule has 2 saturated heterocycles. The predicted octanol–water partition coefficient (Wildman–Crippen LogP) is 4.28. The highest BCUT2D eigenvalue weighted by Crippen LogP contribution is 2.37. The molecule has 176 valence electrons. The van der Waals surface area contributed by atoms with Gasteiger partial charge in [0.2, 0.25) is 0 Å². The summed E-state index contributed by atoms with van der Waals surface area (Å²) in [5, 5.41) is 8.10. The Morgan fingerprint density at radius 1 is 0.971 bits per heavy atom. The van der Waals surface area contributed by atoms with Crippen LogP contribution in [-0.2, 0) is 9.59 Å². The molecule has 34 heavy (non-hydrogen) atoms. The minimum Gasteiger partial charge on any atom is -0.306 e. The molecule has 3 aromatic rings. The van der Waals surface area contributed by atoms with Crippen LogP contribution in [0.5, 0.6) is 0 Å². The number of aryl methyl sites for hydroxylation is 1. The number of anilines is 1. The number of halogens is 2. The SMILES string of the molecule is Cc1cc(N(C(=O)[C@@H]2CCCN2)C(=O)[C@@H]2CCCN2)c2cncc(-c3ccc(Cl)cc3Cl)c2n1. The van der Waals surface area contributed by atoms with E-state index < -0.39 is 12.1 Å². The summed E-state index contributed by atoms with van der Waals surface area (Å²) in [6.07, 6.45) is 6.55. The fraction of sp³-hybridized carbons (Fsp3) is 0.360. The summed E-state index contributed by atoms with van der Waals surface area (Å²) in [6.45, 7) is 3.37. The number of nitrogens with zero attached hydrogens (tertiary/aromatic N) is 3. The van der Waals surface area contributed by atoms with Gasteiger partial charge in [-0.05, 0) is 63.9 Å². The van der Waals surface area contributed by atoms with Gasteiger partial charge >= 0.3 is 0 Å². The Labute approximate surface area is 207 Å². The molecule has 2 aromatic heterocycles. The van der Waals surface area contributed by atoms with Crippen LogP contribution in [0.15, 0.2) is 36.7 Å². The number of nitrogens with one attached hydrogen (secondary N) is 2. The first kappa shape index (κ1) is 23.2. The summed E-state index contributed by atoms with van der Waals surface area (Å²) < 4.78 is 0. The molecule has 1 aromatic carbocycles. The summed E-state index contributed by atoms with van der Waals surface area (Å²) in [6, 6.07) is 6.26. The summed E-state index contributed by atoms with van der Waals surface area (Å²) in [5.74, 6) is -0.476. The van der Waals surface area contributed by atoms with E-state index in [4.69, 9.17) is 28.2 Å². The van der Waals surface area contributed by atoms with Gasteiger partial charge in [-0.15, -0.1) is 0 Å². The molecule has 2 aliphatic heterocycles. The molecule has 9 heteroatoms. The molecule has 0 spiro atoms. The number of carbonyl (C=O) groups excluding carboxylic acids is 2. The number of imide groups is 1. The van der Waals surface area contributed by atoms with Crippen LogP contribution >= 0.6 is 23.2 Å². The van der Waals surface area contributed by atoms with Gasteiger partial charge in [-0.3, -0.25) is 19.6 Å². The van der Waals surface area contributed by atoms with E-state index in [9.17, 15) is 9.59 Å². The van der Waals surface area contributed by atoms with Crippen molar-refractivity contribution in [3.8, 4) is 11.1 Å². The number of hydrogen-bond acceptors (Lipinski definition) is 6. The predicted molar refractivity (Wildman–Crippen MR) is 134 cm³/mol. The number of carbonyl (C=O) groups is 2. The van der Waals surface area contributed by atoms with E-state index in [-0.39, 0.29) is 11.8 Å². The van der Waals surface area contributed by atoms with Crippen LogP contribution in [0.1, 0.15) is 31.4 Å². The molecule has 2 aliphatic rings. The van der Waals surface area contributed by atoms with Crippen LogP contribution in [0, 0.1) is 6.92 Å². The third-order valence-corrected chi connectivity index (χ3v) is 6.99. The topological polar surface area (TPSA) is 87.2 Å². The number of fused-ring (bicyclic) bond motifs is 1. The largest absolute Gasteiger partial charge is 0.306 e. The van der Waals surface area contributed by atoms with Crippen molar-refractivity contribution in [1.82, 2.24) is 20.6 Å². The zero-order valence-electron chi connectivity index (χ0n) is 18.8. The fourth-order valence-electron chi connectivity index (χ4n) is 4.78. The molecule has 0 aliphatic carbocycles. The van der Waals surface area contributed by atoms with Gasteiger partial charge < -0.3 is 10.6 Å². The van der Waals surface area contributed by atoms with Gasteiger partial charge in [0.1, 0.15) is 0 Å². The lowest BCUT2D eigenvalue weighted by Gasteiger charge is -2.28. The highest BCUT2D eigenvalue weighted by molar-refractivity contribution is 6.36. The number of aromatic nitrogens is 2. The van der Waals surface area contributed by atoms with Crippen molar-refractivity contribution in [1.29, 1.82) is 0 Å². The molecule has 0 unspecified atom stereocenters. The van der Waals surface area contributed by atoms with Crippen LogP contribution in [-0.4, -0.2) is 47.0 Å². The van der Waals surface area contributed by atoms with Crippen molar-refractivity contribution in [3.63, 3.8) is 0 Å². The molecule has 7 nitrogen and oxygen atoms in total. The second-order valence-electron chi connectivity index (χ2n) is 8.80. The highest BCUT2D eigenvalue weighted by atomic mass is 35.5. The number of amides is 2. The van der Waals surface area contributed by atoms with Crippen molar-refractivity contribution >= 4 is 51.6 Å². The molecule has 2 fully saturated rings. The van der Waals surface area contributed by atoms with Crippen LogP contribution in [0.4, 0.5) is 5.69 Å². The van der Waals surface area contributed by atoms with Gasteiger partial charge in [-0.2, -0.15) is 0 Å². The van der Waals surface area contributed by atoms with E-state index in [1.165, 1.54) is 4.90 Å². The first-order valence-corrected chi connectivity index (χ1v) is 12.2. The number of pyridine rings is 2. The van der Waals surface area contributed by atoms with Gasteiger partial charge in [-0.1, -0.05) is 29.3 Å². The summed E-state index contributed by atoms with van der Waals surface area (Å²) >= 11 is 12.6. The van der Waals surface area contributed by atoms with Gasteiger partial charge in [-0.25, -0.2) is 4.90 Å². The molecule has 0 radical (unpaired) electrons. The lowest BCUT2D eigenvalue weighted by molar-refractivity contribution is -0.128. The van der Waals surface area contributed by atoms with E-state index in [1.54, 1.807) is 30.6 Å². The first-order chi connectivity index (χ1) is 16.4. The Hall–Kier alpha value is -2.58. The zero-order chi connectivity index (χ0) is 23.8. The van der Waals surface area contributed by atoms with Crippen molar-refractivity contribution in [3.05, 3.63) is 52.4 Å². The normalized spacial score (nSPS) is 20.1. The van der Waals surface area contributed by atoms with Crippen molar-refractivity contribution in [2.45, 2.75) is 44.7 Å². The Balaban J connectivity index is 1.69.